The van der Waals surface area contributed by atoms with Crippen LogP contribution in [0.5, 0.6) is 0 Å². The molecule has 0 radical (unpaired) electrons. The van der Waals surface area contributed by atoms with E-state index in [0.717, 1.165) is 32.6 Å². The van der Waals surface area contributed by atoms with Gasteiger partial charge < -0.3 is 5.32 Å². The first-order valence-electron chi connectivity index (χ1n) is 5.11. The minimum atomic E-state index is -2.78. The van der Waals surface area contributed by atoms with Gasteiger partial charge in [-0.3, -0.25) is 4.90 Å². The van der Waals surface area contributed by atoms with E-state index in [-0.39, 0.29) is 0 Å². The van der Waals surface area contributed by atoms with Gasteiger partial charge in [0.15, 0.2) is 0 Å². The third kappa shape index (κ3) is 4.39. The monoisotopic (exact) mass is 220 g/mol. The smallest absolute Gasteiger partial charge is 0.147 e. The van der Waals surface area contributed by atoms with E-state index in [2.05, 4.69) is 17.1 Å². The van der Waals surface area contributed by atoms with E-state index in [0.29, 0.717) is 11.8 Å². The van der Waals surface area contributed by atoms with Crippen molar-refractivity contribution in [1.82, 2.24) is 10.2 Å². The maximum absolute atomic E-state index is 10.9. The molecule has 1 saturated heterocycles. The van der Waals surface area contributed by atoms with Crippen LogP contribution in [-0.2, 0) is 9.84 Å². The van der Waals surface area contributed by atoms with Crippen molar-refractivity contribution in [3.63, 3.8) is 0 Å². The first kappa shape index (κ1) is 11.9. The maximum Gasteiger partial charge on any atom is 0.147 e. The van der Waals surface area contributed by atoms with E-state index < -0.39 is 9.84 Å². The molecule has 1 fully saturated rings. The zero-order chi connectivity index (χ0) is 10.6. The van der Waals surface area contributed by atoms with Gasteiger partial charge in [-0.1, -0.05) is 0 Å². The van der Waals surface area contributed by atoms with Crippen LogP contribution in [0.4, 0.5) is 0 Å². The van der Waals surface area contributed by atoms with Crippen LogP contribution in [0.2, 0.25) is 0 Å². The third-order valence-corrected chi connectivity index (χ3v) is 3.63. The Morgan fingerprint density at radius 2 is 2.21 bits per heavy atom. The number of sulfone groups is 1. The first-order valence-corrected chi connectivity index (χ1v) is 7.17. The molecule has 0 unspecified atom stereocenters. The fourth-order valence-corrected chi connectivity index (χ4v) is 2.40. The van der Waals surface area contributed by atoms with Crippen molar-refractivity contribution >= 4 is 9.84 Å². The summed E-state index contributed by atoms with van der Waals surface area (Å²) >= 11 is 0. The second-order valence-electron chi connectivity index (χ2n) is 4.07. The number of nitrogens with one attached hydrogen (secondary N) is 1. The molecule has 1 atom stereocenters. The lowest BCUT2D eigenvalue weighted by molar-refractivity contribution is 0.174. The molecule has 0 saturated carbocycles. The third-order valence-electron chi connectivity index (χ3n) is 2.60. The molecule has 0 aromatic carbocycles. The fraction of sp³-hybridized carbons (Fsp3) is 1.00. The highest BCUT2D eigenvalue weighted by Gasteiger charge is 2.17. The summed E-state index contributed by atoms with van der Waals surface area (Å²) in [6, 6.07) is 0.531. The van der Waals surface area contributed by atoms with Gasteiger partial charge in [-0.15, -0.1) is 0 Å². The van der Waals surface area contributed by atoms with E-state index in [1.54, 1.807) is 0 Å². The molecule has 1 N–H and O–H groups in total. The van der Waals surface area contributed by atoms with Crippen LogP contribution >= 0.6 is 0 Å². The van der Waals surface area contributed by atoms with Crippen molar-refractivity contribution in [3.8, 4) is 0 Å². The molecular formula is C9H20N2O2S. The van der Waals surface area contributed by atoms with Crippen LogP contribution in [0.3, 0.4) is 0 Å². The van der Waals surface area contributed by atoms with Crippen molar-refractivity contribution in [1.29, 1.82) is 0 Å². The molecular weight excluding hydrogens is 200 g/mol. The lowest BCUT2D eigenvalue weighted by Gasteiger charge is -2.33. The minimum Gasteiger partial charge on any atom is -0.314 e. The average Bonchev–Trinajstić information content (AvgIpc) is 2.06. The Bertz CT molecular complexity index is 264. The summed E-state index contributed by atoms with van der Waals surface area (Å²) in [6.07, 6.45) is 2.05. The average molecular weight is 220 g/mol. The highest BCUT2D eigenvalue weighted by Crippen LogP contribution is 2.03. The molecule has 1 heterocycles. The van der Waals surface area contributed by atoms with Gasteiger partial charge in [-0.25, -0.2) is 8.42 Å². The van der Waals surface area contributed by atoms with E-state index in [9.17, 15) is 8.42 Å². The minimum absolute atomic E-state index is 0.309. The number of hydrogen-bond acceptors (Lipinski definition) is 4. The van der Waals surface area contributed by atoms with Crippen molar-refractivity contribution in [2.24, 2.45) is 0 Å². The molecule has 0 aromatic heterocycles. The van der Waals surface area contributed by atoms with Gasteiger partial charge in [0.2, 0.25) is 0 Å². The van der Waals surface area contributed by atoms with E-state index >= 15 is 0 Å². The molecule has 1 aliphatic heterocycles. The molecule has 0 amide bonds. The summed E-state index contributed by atoms with van der Waals surface area (Å²) in [4.78, 5) is 2.35. The summed E-state index contributed by atoms with van der Waals surface area (Å²) in [5.74, 6) is 0.309. The summed E-state index contributed by atoms with van der Waals surface area (Å²) in [7, 11) is -2.78. The van der Waals surface area contributed by atoms with Gasteiger partial charge in [-0.2, -0.15) is 0 Å². The van der Waals surface area contributed by atoms with Gasteiger partial charge in [-0.05, 0) is 19.9 Å². The molecule has 1 rings (SSSR count). The Morgan fingerprint density at radius 3 is 2.79 bits per heavy atom. The Kier molecular flexibility index (Phi) is 4.34. The van der Waals surface area contributed by atoms with Crippen LogP contribution < -0.4 is 5.32 Å². The summed E-state index contributed by atoms with van der Waals surface area (Å²) in [5, 5.41) is 3.31. The van der Waals surface area contributed by atoms with Gasteiger partial charge in [0, 0.05) is 31.9 Å². The standard InChI is InChI=1S/C9H20N2O2S/c1-9-8-10-4-6-11(9)5-3-7-14(2,12)13/h9-10H,3-8H2,1-2H3/t9-/m1/s1. The normalized spacial score (nSPS) is 25.1. The lowest BCUT2D eigenvalue weighted by atomic mass is 10.2. The molecule has 84 valence electrons. The van der Waals surface area contributed by atoms with E-state index in [1.165, 1.54) is 6.26 Å². The summed E-state index contributed by atoms with van der Waals surface area (Å²) < 4.78 is 21.8. The summed E-state index contributed by atoms with van der Waals surface area (Å²) in [6.45, 7) is 6.13. The number of hydrogen-bond donors (Lipinski definition) is 1. The van der Waals surface area contributed by atoms with Crippen LogP contribution in [0.1, 0.15) is 13.3 Å². The Labute approximate surface area is 86.6 Å². The molecule has 0 aromatic rings. The zero-order valence-corrected chi connectivity index (χ0v) is 9.81. The van der Waals surface area contributed by atoms with Crippen molar-refractivity contribution in [2.45, 2.75) is 19.4 Å². The molecule has 0 aliphatic carbocycles. The van der Waals surface area contributed by atoms with Crippen LogP contribution in [0, 0.1) is 0 Å². The lowest BCUT2D eigenvalue weighted by Crippen LogP contribution is -2.50. The topological polar surface area (TPSA) is 49.4 Å². The van der Waals surface area contributed by atoms with Crippen LogP contribution in [-0.4, -0.2) is 57.5 Å². The molecule has 1 aliphatic rings. The van der Waals surface area contributed by atoms with Crippen molar-refractivity contribution in [2.75, 3.05) is 38.2 Å². The summed E-state index contributed by atoms with van der Waals surface area (Å²) in [5.41, 5.74) is 0. The SMILES string of the molecule is C[C@@H]1CNCCN1CCCS(C)(=O)=O. The van der Waals surface area contributed by atoms with E-state index in [1.807, 2.05) is 0 Å². The second kappa shape index (κ2) is 5.09. The number of rotatable bonds is 4. The molecule has 0 bridgehead atoms. The largest absolute Gasteiger partial charge is 0.314 e. The highest BCUT2D eigenvalue weighted by molar-refractivity contribution is 7.90. The van der Waals surface area contributed by atoms with Gasteiger partial charge >= 0.3 is 0 Å². The first-order chi connectivity index (χ1) is 6.49. The second-order valence-corrected chi connectivity index (χ2v) is 6.33. The van der Waals surface area contributed by atoms with Gasteiger partial charge in [0.1, 0.15) is 9.84 Å². The molecule has 14 heavy (non-hydrogen) atoms. The zero-order valence-electron chi connectivity index (χ0n) is 8.99. The number of nitrogens with zero attached hydrogens (tertiary/aromatic N) is 1. The van der Waals surface area contributed by atoms with Crippen molar-refractivity contribution < 1.29 is 8.42 Å². The van der Waals surface area contributed by atoms with Gasteiger partial charge in [0.05, 0.1) is 5.75 Å². The highest BCUT2D eigenvalue weighted by atomic mass is 32.2. The van der Waals surface area contributed by atoms with Crippen LogP contribution in [0.25, 0.3) is 0 Å². The van der Waals surface area contributed by atoms with Crippen LogP contribution in [0.15, 0.2) is 0 Å². The number of piperazine rings is 1. The Balaban J connectivity index is 2.23. The fourth-order valence-electron chi connectivity index (χ4n) is 1.75. The van der Waals surface area contributed by atoms with Crippen molar-refractivity contribution in [3.05, 3.63) is 0 Å². The molecule has 5 heteroatoms. The maximum atomic E-state index is 10.9. The molecule has 0 spiro atoms. The molecule has 4 nitrogen and oxygen atoms in total. The predicted molar refractivity (Wildman–Crippen MR) is 58.2 cm³/mol. The van der Waals surface area contributed by atoms with E-state index in [4.69, 9.17) is 0 Å². The Morgan fingerprint density at radius 1 is 1.50 bits per heavy atom. The predicted octanol–water partition coefficient (Wildman–Crippen LogP) is -0.285. The van der Waals surface area contributed by atoms with Gasteiger partial charge in [0.25, 0.3) is 0 Å². The quantitative estimate of drug-likeness (QED) is 0.707. The Hall–Kier alpha value is -0.130.